The van der Waals surface area contributed by atoms with Gasteiger partial charge >= 0.3 is 0 Å². The minimum atomic E-state index is -0.163. The number of benzene rings is 1. The zero-order valence-corrected chi connectivity index (χ0v) is 11.0. The lowest BCUT2D eigenvalue weighted by molar-refractivity contribution is -0.126. The lowest BCUT2D eigenvalue weighted by Crippen LogP contribution is -2.39. The zero-order valence-electron chi connectivity index (χ0n) is 11.0. The van der Waals surface area contributed by atoms with Gasteiger partial charge in [-0.1, -0.05) is 12.1 Å². The van der Waals surface area contributed by atoms with Crippen LogP contribution in [0, 0.1) is 0 Å². The number of hydrogen-bond acceptors (Lipinski definition) is 4. The molecule has 0 aliphatic carbocycles. The van der Waals surface area contributed by atoms with Crippen LogP contribution in [0.15, 0.2) is 24.0 Å². The van der Waals surface area contributed by atoms with Crippen LogP contribution in [-0.4, -0.2) is 35.3 Å². The van der Waals surface area contributed by atoms with Crippen molar-refractivity contribution in [1.29, 1.82) is 0 Å². The summed E-state index contributed by atoms with van der Waals surface area (Å²) in [7, 11) is 0. The maximum atomic E-state index is 12.6. The van der Waals surface area contributed by atoms with E-state index in [0.29, 0.717) is 29.2 Å². The van der Waals surface area contributed by atoms with Crippen molar-refractivity contribution < 1.29 is 19.4 Å². The van der Waals surface area contributed by atoms with Crippen LogP contribution in [0.5, 0.6) is 11.5 Å². The Kier molecular flexibility index (Phi) is 2.42. The summed E-state index contributed by atoms with van der Waals surface area (Å²) in [4.78, 5) is 14.3. The van der Waals surface area contributed by atoms with Gasteiger partial charge in [0.25, 0.3) is 5.91 Å². The van der Waals surface area contributed by atoms with Gasteiger partial charge in [0.1, 0.15) is 5.76 Å². The molecular weight excluding hydrogens is 258 g/mol. The van der Waals surface area contributed by atoms with Crippen LogP contribution in [0.1, 0.15) is 24.8 Å². The van der Waals surface area contributed by atoms with Crippen LogP contribution in [0.25, 0.3) is 5.57 Å². The first-order valence-corrected chi connectivity index (χ1v) is 6.90. The Morgan fingerprint density at radius 2 is 2.15 bits per heavy atom. The Labute approximate surface area is 116 Å². The first kappa shape index (κ1) is 11.6. The van der Waals surface area contributed by atoms with Gasteiger partial charge in [-0.3, -0.25) is 4.79 Å². The summed E-state index contributed by atoms with van der Waals surface area (Å²) in [6.07, 6.45) is 2.86. The third kappa shape index (κ3) is 1.46. The van der Waals surface area contributed by atoms with Gasteiger partial charge in [-0.2, -0.15) is 0 Å². The molecule has 0 aromatic heterocycles. The van der Waals surface area contributed by atoms with E-state index in [1.54, 1.807) is 17.0 Å². The number of hydrogen-bond donors (Lipinski definition) is 1. The second-order valence-electron chi connectivity index (χ2n) is 5.31. The molecule has 0 radical (unpaired) electrons. The zero-order chi connectivity index (χ0) is 13.7. The third-order valence-electron chi connectivity index (χ3n) is 4.22. The maximum Gasteiger partial charge on any atom is 0.258 e. The molecule has 1 amide bonds. The molecule has 1 N–H and O–H groups in total. The summed E-state index contributed by atoms with van der Waals surface area (Å²) in [5.41, 5.74) is 1.01. The molecule has 3 aliphatic rings. The van der Waals surface area contributed by atoms with E-state index in [-0.39, 0.29) is 24.5 Å². The lowest BCUT2D eigenvalue weighted by atomic mass is 10.0. The molecule has 0 bridgehead atoms. The molecule has 1 aromatic rings. The van der Waals surface area contributed by atoms with E-state index in [2.05, 4.69) is 0 Å². The fourth-order valence-corrected chi connectivity index (χ4v) is 3.26. The highest BCUT2D eigenvalue weighted by Gasteiger charge is 2.42. The molecular formula is C15H15NO4. The summed E-state index contributed by atoms with van der Waals surface area (Å²) >= 11 is 0. The molecule has 0 saturated carbocycles. The number of rotatable bonds is 1. The Morgan fingerprint density at radius 1 is 1.25 bits per heavy atom. The highest BCUT2D eigenvalue weighted by molar-refractivity contribution is 6.23. The van der Waals surface area contributed by atoms with Crippen LogP contribution >= 0.6 is 0 Å². The van der Waals surface area contributed by atoms with Crippen molar-refractivity contribution in [2.75, 3.05) is 13.3 Å². The van der Waals surface area contributed by atoms with Crippen molar-refractivity contribution in [2.24, 2.45) is 0 Å². The molecule has 3 heterocycles. The molecule has 5 nitrogen and oxygen atoms in total. The van der Waals surface area contributed by atoms with Crippen LogP contribution in [-0.2, 0) is 4.79 Å². The summed E-state index contributed by atoms with van der Waals surface area (Å²) in [5, 5.41) is 10.5. The molecule has 104 valence electrons. The Bertz CT molecular complexity index is 622. The number of ether oxygens (including phenoxy) is 2. The normalized spacial score (nSPS) is 24.3. The van der Waals surface area contributed by atoms with Crippen LogP contribution < -0.4 is 9.47 Å². The summed E-state index contributed by atoms with van der Waals surface area (Å²) < 4.78 is 10.8. The summed E-state index contributed by atoms with van der Waals surface area (Å²) in [6, 6.07) is 5.25. The molecule has 1 saturated heterocycles. The van der Waals surface area contributed by atoms with Gasteiger partial charge in [0.2, 0.25) is 6.79 Å². The Balaban J connectivity index is 1.84. The molecule has 4 rings (SSSR count). The number of piperidine rings is 1. The molecule has 5 heteroatoms. The number of carbonyl (C=O) groups is 1. The molecule has 0 unspecified atom stereocenters. The van der Waals surface area contributed by atoms with Gasteiger partial charge in [0.05, 0.1) is 11.6 Å². The number of para-hydroxylation sites is 1. The van der Waals surface area contributed by atoms with Gasteiger partial charge in [0.15, 0.2) is 11.5 Å². The molecule has 1 atom stereocenters. The van der Waals surface area contributed by atoms with E-state index < -0.39 is 0 Å². The second-order valence-corrected chi connectivity index (χ2v) is 5.31. The topological polar surface area (TPSA) is 59.0 Å². The van der Waals surface area contributed by atoms with Gasteiger partial charge in [-0.05, 0) is 25.3 Å². The second kappa shape index (κ2) is 4.16. The van der Waals surface area contributed by atoms with Gasteiger partial charge in [-0.15, -0.1) is 0 Å². The van der Waals surface area contributed by atoms with Crippen LogP contribution in [0.4, 0.5) is 0 Å². The van der Waals surface area contributed by atoms with E-state index in [9.17, 15) is 9.90 Å². The van der Waals surface area contributed by atoms with E-state index in [1.165, 1.54) is 0 Å². The first-order chi connectivity index (χ1) is 9.77. The van der Waals surface area contributed by atoms with Crippen LogP contribution in [0.2, 0.25) is 0 Å². The van der Waals surface area contributed by atoms with Gasteiger partial charge in [-0.25, -0.2) is 0 Å². The van der Waals surface area contributed by atoms with E-state index in [4.69, 9.17) is 9.47 Å². The van der Waals surface area contributed by atoms with E-state index in [1.807, 2.05) is 6.07 Å². The summed E-state index contributed by atoms with van der Waals surface area (Å²) in [6.45, 7) is 0.866. The number of amides is 1. The smallest absolute Gasteiger partial charge is 0.258 e. The number of aliphatic hydroxyl groups is 1. The molecule has 1 aromatic carbocycles. The first-order valence-electron chi connectivity index (χ1n) is 6.90. The van der Waals surface area contributed by atoms with Crippen LogP contribution in [0.3, 0.4) is 0 Å². The maximum absolute atomic E-state index is 12.6. The van der Waals surface area contributed by atoms with Crippen molar-refractivity contribution in [3.05, 3.63) is 29.5 Å². The van der Waals surface area contributed by atoms with Crippen molar-refractivity contribution in [1.82, 2.24) is 4.90 Å². The molecule has 3 aliphatic heterocycles. The fraction of sp³-hybridized carbons (Fsp3) is 0.400. The molecule has 20 heavy (non-hydrogen) atoms. The lowest BCUT2D eigenvalue weighted by Gasteiger charge is -2.29. The minimum Gasteiger partial charge on any atom is -0.509 e. The summed E-state index contributed by atoms with van der Waals surface area (Å²) in [5.74, 6) is 1.26. The predicted octanol–water partition coefficient (Wildman–Crippen LogP) is 2.08. The van der Waals surface area contributed by atoms with E-state index in [0.717, 1.165) is 19.3 Å². The number of carbonyl (C=O) groups excluding carboxylic acids is 1. The highest BCUT2D eigenvalue weighted by Crippen LogP contribution is 2.44. The predicted molar refractivity (Wildman–Crippen MR) is 71.5 cm³/mol. The van der Waals surface area contributed by atoms with Crippen molar-refractivity contribution >= 4 is 11.5 Å². The number of fused-ring (bicyclic) bond motifs is 2. The molecule has 1 fully saturated rings. The third-order valence-corrected chi connectivity index (χ3v) is 4.22. The Hall–Kier alpha value is -2.17. The Morgan fingerprint density at radius 3 is 3.00 bits per heavy atom. The van der Waals surface area contributed by atoms with Crippen molar-refractivity contribution in [3.8, 4) is 11.5 Å². The van der Waals surface area contributed by atoms with Crippen molar-refractivity contribution in [3.63, 3.8) is 0 Å². The fourth-order valence-electron chi connectivity index (χ4n) is 3.26. The average molecular weight is 273 g/mol. The van der Waals surface area contributed by atoms with Crippen molar-refractivity contribution in [2.45, 2.75) is 25.3 Å². The molecule has 0 spiro atoms. The number of nitrogens with zero attached hydrogens (tertiary/aromatic N) is 1. The van der Waals surface area contributed by atoms with Gasteiger partial charge < -0.3 is 19.5 Å². The monoisotopic (exact) mass is 273 g/mol. The number of aliphatic hydroxyl groups excluding tert-OH is 1. The highest BCUT2D eigenvalue weighted by atomic mass is 16.7. The largest absolute Gasteiger partial charge is 0.509 e. The standard InChI is InChI=1S/C15H15NO4/c17-13-10-5-1-2-7-16(10)15(18)12(13)9-4-3-6-11-14(9)20-8-19-11/h3-4,6,10,17H,1-2,5,7-8H2/t10-/m1/s1. The average Bonchev–Trinajstić information content (AvgIpc) is 3.04. The minimum absolute atomic E-state index is 0.101. The SMILES string of the molecule is O=C1C(c2cccc3c2OCO3)=C(O)[C@H]2CCCCN12. The van der Waals surface area contributed by atoms with E-state index >= 15 is 0 Å². The quantitative estimate of drug-likeness (QED) is 0.851. The van der Waals surface area contributed by atoms with Gasteiger partial charge in [0, 0.05) is 12.1 Å².